The summed E-state index contributed by atoms with van der Waals surface area (Å²) in [6, 6.07) is 0. The first-order chi connectivity index (χ1) is 11.0. The van der Waals surface area contributed by atoms with Crippen molar-refractivity contribution in [2.45, 2.75) is 72.5 Å². The number of rotatable bonds is 3. The zero-order valence-corrected chi connectivity index (χ0v) is 15.9. The number of fused-ring (bicyclic) bond motifs is 2. The van der Waals surface area contributed by atoms with E-state index in [2.05, 4.69) is 27.7 Å². The summed E-state index contributed by atoms with van der Waals surface area (Å²) in [5.41, 5.74) is 0.437. The van der Waals surface area contributed by atoms with Crippen molar-refractivity contribution in [3.63, 3.8) is 0 Å². The summed E-state index contributed by atoms with van der Waals surface area (Å²) in [7, 11) is 0. The first-order valence-electron chi connectivity index (χ1n) is 9.14. The number of aliphatic hydroxyl groups is 1. The van der Waals surface area contributed by atoms with E-state index in [1.165, 1.54) is 0 Å². The van der Waals surface area contributed by atoms with E-state index in [1.54, 1.807) is 6.08 Å². The van der Waals surface area contributed by atoms with Gasteiger partial charge < -0.3 is 14.6 Å². The molecule has 1 saturated heterocycles. The van der Waals surface area contributed by atoms with Crippen molar-refractivity contribution in [1.82, 2.24) is 0 Å². The van der Waals surface area contributed by atoms with Gasteiger partial charge in [0.15, 0.2) is 0 Å². The fourth-order valence-corrected chi connectivity index (χ4v) is 6.05. The molecule has 1 N–H and O–H groups in total. The first kappa shape index (κ1) is 17.9. The molecule has 1 heterocycles. The number of allylic oxidation sites excluding steroid dienone is 1. The van der Waals surface area contributed by atoms with Gasteiger partial charge in [-0.3, -0.25) is 0 Å². The number of esters is 1. The third-order valence-corrected chi connectivity index (χ3v) is 7.75. The fourth-order valence-electron chi connectivity index (χ4n) is 6.05. The van der Waals surface area contributed by atoms with Gasteiger partial charge in [-0.05, 0) is 38.5 Å². The zero-order chi connectivity index (χ0) is 18.0. The average molecular weight is 336 g/mol. The molecule has 24 heavy (non-hydrogen) atoms. The summed E-state index contributed by atoms with van der Waals surface area (Å²) in [5, 5.41) is 9.98. The summed E-state index contributed by atoms with van der Waals surface area (Å²) in [6.45, 7) is 13.8. The van der Waals surface area contributed by atoms with Gasteiger partial charge in [-0.2, -0.15) is 0 Å². The van der Waals surface area contributed by atoms with E-state index in [1.807, 2.05) is 13.8 Å². The number of carbonyl (C=O) groups is 1. The first-order valence-corrected chi connectivity index (χ1v) is 9.14. The second-order valence-corrected chi connectivity index (χ2v) is 9.37. The molecule has 0 aromatic rings. The summed E-state index contributed by atoms with van der Waals surface area (Å²) < 4.78 is 12.0. The molecule has 0 amide bonds. The van der Waals surface area contributed by atoms with Crippen LogP contribution in [0, 0.1) is 22.2 Å². The maximum atomic E-state index is 12.3. The molecule has 2 aliphatic carbocycles. The molecule has 5 atom stereocenters. The number of ether oxygens (including phenoxy) is 2. The molecule has 0 radical (unpaired) electrons. The minimum atomic E-state index is -0.262. The Morgan fingerprint density at radius 2 is 1.92 bits per heavy atom. The van der Waals surface area contributed by atoms with Gasteiger partial charge in [-0.1, -0.05) is 33.3 Å². The van der Waals surface area contributed by atoms with Gasteiger partial charge in [0.1, 0.15) is 11.7 Å². The van der Waals surface area contributed by atoms with E-state index < -0.39 is 0 Å². The number of carbonyl (C=O) groups excluding carboxylic acids is 1. The van der Waals surface area contributed by atoms with Crippen molar-refractivity contribution >= 4 is 5.97 Å². The van der Waals surface area contributed by atoms with Crippen molar-refractivity contribution < 1.29 is 19.4 Å². The minimum absolute atomic E-state index is 0.0710. The molecular weight excluding hydrogens is 304 g/mol. The molecule has 1 spiro atoms. The minimum Gasteiger partial charge on any atom is -0.459 e. The molecule has 3 rings (SSSR count). The third-order valence-electron chi connectivity index (χ3n) is 7.75. The van der Waals surface area contributed by atoms with E-state index in [4.69, 9.17) is 9.47 Å². The van der Waals surface area contributed by atoms with E-state index >= 15 is 0 Å². The standard InChI is InChI=1S/C20H32O4/c1-13(2)9-16(22)24-15-7-8-17(3,4)19(6)18(15,5)10-14(11-21)20(19)12-23-20/h9,14-15,21H,7-8,10-12H2,1-6H3. The second kappa shape index (κ2) is 5.31. The zero-order valence-electron chi connectivity index (χ0n) is 15.9. The molecule has 3 aliphatic rings. The van der Waals surface area contributed by atoms with Crippen LogP contribution in [0.2, 0.25) is 0 Å². The fraction of sp³-hybridized carbons (Fsp3) is 0.850. The molecular formula is C20H32O4. The predicted octanol–water partition coefficient (Wildman–Crippen LogP) is 3.48. The normalized spacial score (nSPS) is 45.6. The third kappa shape index (κ3) is 2.08. The van der Waals surface area contributed by atoms with E-state index in [9.17, 15) is 9.90 Å². The Bertz CT molecular complexity index is 570. The van der Waals surface area contributed by atoms with Crippen molar-refractivity contribution in [2.24, 2.45) is 22.2 Å². The Balaban J connectivity index is 1.99. The molecule has 5 unspecified atom stereocenters. The molecule has 136 valence electrons. The maximum absolute atomic E-state index is 12.3. The van der Waals surface area contributed by atoms with Crippen LogP contribution in [0.5, 0.6) is 0 Å². The highest BCUT2D eigenvalue weighted by Gasteiger charge is 2.80. The van der Waals surface area contributed by atoms with Gasteiger partial charge in [-0.15, -0.1) is 0 Å². The highest BCUT2D eigenvalue weighted by atomic mass is 16.6. The Morgan fingerprint density at radius 3 is 2.42 bits per heavy atom. The highest BCUT2D eigenvalue weighted by molar-refractivity contribution is 5.82. The second-order valence-electron chi connectivity index (χ2n) is 9.37. The van der Waals surface area contributed by atoms with E-state index in [0.29, 0.717) is 6.61 Å². The Kier molecular flexibility index (Phi) is 3.97. The van der Waals surface area contributed by atoms with Crippen LogP contribution in [0.4, 0.5) is 0 Å². The molecule has 4 nitrogen and oxygen atoms in total. The van der Waals surface area contributed by atoms with Crippen LogP contribution in [0.3, 0.4) is 0 Å². The van der Waals surface area contributed by atoms with Gasteiger partial charge in [0.05, 0.1) is 6.61 Å². The molecule has 0 aromatic carbocycles. The van der Waals surface area contributed by atoms with Gasteiger partial charge >= 0.3 is 5.97 Å². The van der Waals surface area contributed by atoms with E-state index in [-0.39, 0.29) is 46.4 Å². The molecule has 4 heteroatoms. The van der Waals surface area contributed by atoms with Gasteiger partial charge in [-0.25, -0.2) is 4.79 Å². The van der Waals surface area contributed by atoms with Crippen LogP contribution in [-0.2, 0) is 14.3 Å². The predicted molar refractivity (Wildman–Crippen MR) is 92.4 cm³/mol. The van der Waals surface area contributed by atoms with Crippen LogP contribution >= 0.6 is 0 Å². The summed E-state index contributed by atoms with van der Waals surface area (Å²) in [5.74, 6) is -0.129. The van der Waals surface area contributed by atoms with Crippen LogP contribution < -0.4 is 0 Å². The Labute approximate surface area is 145 Å². The molecule has 0 aromatic heterocycles. The average Bonchev–Trinajstić information content (AvgIpc) is 3.23. The van der Waals surface area contributed by atoms with Crippen LogP contribution in [0.1, 0.15) is 60.8 Å². The Hall–Kier alpha value is -0.870. The number of hydrogen-bond donors (Lipinski definition) is 1. The van der Waals surface area contributed by atoms with Crippen LogP contribution in [-0.4, -0.2) is 36.0 Å². The van der Waals surface area contributed by atoms with Crippen molar-refractivity contribution in [3.05, 3.63) is 11.6 Å². The molecule has 3 fully saturated rings. The number of hydrogen-bond acceptors (Lipinski definition) is 4. The number of aliphatic hydroxyl groups excluding tert-OH is 1. The lowest BCUT2D eigenvalue weighted by Gasteiger charge is -2.60. The lowest BCUT2D eigenvalue weighted by molar-refractivity contribution is -0.190. The lowest BCUT2D eigenvalue weighted by Crippen LogP contribution is -2.61. The highest BCUT2D eigenvalue weighted by Crippen LogP contribution is 2.77. The quantitative estimate of drug-likeness (QED) is 0.487. The van der Waals surface area contributed by atoms with E-state index in [0.717, 1.165) is 24.8 Å². The van der Waals surface area contributed by atoms with Crippen molar-refractivity contribution in [1.29, 1.82) is 0 Å². The SMILES string of the molecule is CC(C)=CC(=O)OC1CCC(C)(C)C2(C)C1(C)CC(CO)C21CO1. The largest absolute Gasteiger partial charge is 0.459 e. The van der Waals surface area contributed by atoms with Crippen molar-refractivity contribution in [3.8, 4) is 0 Å². The van der Waals surface area contributed by atoms with Gasteiger partial charge in [0.2, 0.25) is 0 Å². The summed E-state index contributed by atoms with van der Waals surface area (Å²) >= 11 is 0. The van der Waals surface area contributed by atoms with Crippen LogP contribution in [0.25, 0.3) is 0 Å². The van der Waals surface area contributed by atoms with Crippen LogP contribution in [0.15, 0.2) is 11.6 Å². The molecule has 2 saturated carbocycles. The smallest absolute Gasteiger partial charge is 0.330 e. The summed E-state index contributed by atoms with van der Waals surface area (Å²) in [6.07, 6.45) is 4.15. The van der Waals surface area contributed by atoms with Gasteiger partial charge in [0, 0.05) is 29.4 Å². The summed E-state index contributed by atoms with van der Waals surface area (Å²) in [4.78, 5) is 12.3. The Morgan fingerprint density at radius 1 is 1.29 bits per heavy atom. The molecule has 0 bridgehead atoms. The monoisotopic (exact) mass is 336 g/mol. The van der Waals surface area contributed by atoms with Gasteiger partial charge in [0.25, 0.3) is 0 Å². The topological polar surface area (TPSA) is 59.1 Å². The lowest BCUT2D eigenvalue weighted by atomic mass is 9.45. The number of epoxide rings is 1. The molecule has 1 aliphatic heterocycles. The maximum Gasteiger partial charge on any atom is 0.330 e. The van der Waals surface area contributed by atoms with Crippen molar-refractivity contribution in [2.75, 3.05) is 13.2 Å².